The predicted molar refractivity (Wildman–Crippen MR) is 162 cm³/mol. The summed E-state index contributed by atoms with van der Waals surface area (Å²) in [6.45, 7) is 4.84. The zero-order valence-electron chi connectivity index (χ0n) is 23.1. The highest BCUT2D eigenvalue weighted by atomic mass is 32.2. The highest BCUT2D eigenvalue weighted by molar-refractivity contribution is 7.89. The summed E-state index contributed by atoms with van der Waals surface area (Å²) < 4.78 is 42.5. The third kappa shape index (κ3) is 7.22. The molecule has 10 nitrogen and oxygen atoms in total. The zero-order chi connectivity index (χ0) is 30.3. The molecule has 0 aliphatic rings. The average molecular weight is 612 g/mol. The first-order valence-corrected chi connectivity index (χ1v) is 15.7. The van der Waals surface area contributed by atoms with Gasteiger partial charge in [0.2, 0.25) is 15.2 Å². The number of unbranched alkanes of at least 4 members (excludes halogenated alkanes) is 2. The molecule has 42 heavy (non-hydrogen) atoms. The van der Waals surface area contributed by atoms with Crippen LogP contribution in [0.5, 0.6) is 0 Å². The van der Waals surface area contributed by atoms with Crippen LogP contribution in [0.3, 0.4) is 0 Å². The summed E-state index contributed by atoms with van der Waals surface area (Å²) in [4.78, 5) is 28.7. The van der Waals surface area contributed by atoms with Gasteiger partial charge in [-0.3, -0.25) is 14.9 Å². The molecule has 13 heteroatoms. The fourth-order valence-corrected chi connectivity index (χ4v) is 6.50. The monoisotopic (exact) mass is 611 g/mol. The highest BCUT2D eigenvalue weighted by Crippen LogP contribution is 2.31. The van der Waals surface area contributed by atoms with Crippen molar-refractivity contribution in [3.8, 4) is 0 Å². The van der Waals surface area contributed by atoms with Crippen LogP contribution in [-0.4, -0.2) is 47.8 Å². The van der Waals surface area contributed by atoms with Crippen LogP contribution in [0.15, 0.2) is 76.7 Å². The Bertz CT molecular complexity index is 1680. The molecule has 4 rings (SSSR count). The van der Waals surface area contributed by atoms with Crippen molar-refractivity contribution in [2.45, 2.75) is 44.4 Å². The Morgan fingerprint density at radius 2 is 1.67 bits per heavy atom. The number of hydrogen-bond donors (Lipinski definition) is 0. The van der Waals surface area contributed by atoms with Gasteiger partial charge in [0.05, 0.1) is 26.3 Å². The molecule has 0 N–H and O–H groups in total. The smallest absolute Gasteiger partial charge is 0.267 e. The van der Waals surface area contributed by atoms with E-state index in [1.165, 1.54) is 77.2 Å². The van der Waals surface area contributed by atoms with Crippen molar-refractivity contribution in [1.82, 2.24) is 9.29 Å². The molecule has 0 radical (unpaired) electrons. The number of hydrazone groups is 1. The van der Waals surface area contributed by atoms with E-state index in [0.29, 0.717) is 28.9 Å². The first-order valence-electron chi connectivity index (χ1n) is 13.4. The second-order valence-corrected chi connectivity index (χ2v) is 12.4. The molecule has 4 aromatic rings. The van der Waals surface area contributed by atoms with Gasteiger partial charge in [0, 0.05) is 30.8 Å². The van der Waals surface area contributed by atoms with E-state index in [9.17, 15) is 27.7 Å². The number of carbonyl (C=O) groups is 1. The topological polar surface area (TPSA) is 126 Å². The number of benzene rings is 3. The quantitative estimate of drug-likeness (QED) is 0.0951. The zero-order valence-corrected chi connectivity index (χ0v) is 24.8. The number of hydrogen-bond acceptors (Lipinski definition) is 8. The Morgan fingerprint density at radius 3 is 2.26 bits per heavy atom. The number of aromatic nitrogens is 1. The first-order chi connectivity index (χ1) is 20.1. The number of amides is 1. The van der Waals surface area contributed by atoms with Crippen LogP contribution < -0.4 is 5.01 Å². The molecule has 0 bridgehead atoms. The van der Waals surface area contributed by atoms with Gasteiger partial charge in [0.1, 0.15) is 5.82 Å². The molecule has 1 amide bonds. The van der Waals surface area contributed by atoms with Gasteiger partial charge in [-0.15, -0.1) is 0 Å². The largest absolute Gasteiger partial charge is 0.280 e. The molecule has 1 aromatic heterocycles. The number of nitro groups is 1. The maximum absolute atomic E-state index is 13.8. The van der Waals surface area contributed by atoms with Crippen LogP contribution >= 0.6 is 11.3 Å². The van der Waals surface area contributed by atoms with Crippen molar-refractivity contribution >= 4 is 54.5 Å². The summed E-state index contributed by atoms with van der Waals surface area (Å²) in [5.74, 6) is -1.04. The number of sulfonamides is 1. The van der Waals surface area contributed by atoms with Crippen molar-refractivity contribution in [2.75, 3.05) is 18.1 Å². The van der Waals surface area contributed by atoms with Crippen LogP contribution in [0.2, 0.25) is 0 Å². The van der Waals surface area contributed by atoms with Gasteiger partial charge < -0.3 is 0 Å². The fraction of sp³-hybridized carbons (Fsp3) is 0.276. The summed E-state index contributed by atoms with van der Waals surface area (Å²) in [7, 11) is -3.75. The molecule has 0 spiro atoms. The highest BCUT2D eigenvalue weighted by Gasteiger charge is 2.26. The number of fused-ring (bicyclic) bond motifs is 1. The van der Waals surface area contributed by atoms with E-state index >= 15 is 0 Å². The Hall–Kier alpha value is -4.07. The summed E-state index contributed by atoms with van der Waals surface area (Å²) in [5, 5.41) is 16.5. The number of carbonyl (C=O) groups excluding carboxylic acids is 1. The van der Waals surface area contributed by atoms with Gasteiger partial charge in [-0.2, -0.15) is 14.4 Å². The summed E-state index contributed by atoms with van der Waals surface area (Å²) in [5.41, 5.74) is 1.03. The van der Waals surface area contributed by atoms with E-state index in [-0.39, 0.29) is 21.3 Å². The predicted octanol–water partition coefficient (Wildman–Crippen LogP) is 6.62. The van der Waals surface area contributed by atoms with Gasteiger partial charge in [0.25, 0.3) is 11.6 Å². The van der Waals surface area contributed by atoms with Crippen LogP contribution in [-0.2, 0) is 10.0 Å². The van der Waals surface area contributed by atoms with Crippen molar-refractivity contribution in [3.05, 3.63) is 93.8 Å². The molecule has 0 saturated heterocycles. The van der Waals surface area contributed by atoms with E-state index in [0.717, 1.165) is 42.0 Å². The lowest BCUT2D eigenvalue weighted by Gasteiger charge is -2.22. The molecule has 0 aliphatic heterocycles. The van der Waals surface area contributed by atoms with E-state index in [2.05, 4.69) is 10.1 Å². The Morgan fingerprint density at radius 1 is 1.02 bits per heavy atom. The van der Waals surface area contributed by atoms with Crippen LogP contribution in [0, 0.1) is 15.9 Å². The molecular weight excluding hydrogens is 581 g/mol. The normalized spacial score (nSPS) is 11.9. The van der Waals surface area contributed by atoms with Crippen molar-refractivity contribution in [3.63, 3.8) is 0 Å². The molecule has 0 unspecified atom stereocenters. The summed E-state index contributed by atoms with van der Waals surface area (Å²) in [6, 6.07) is 15.3. The maximum atomic E-state index is 13.8. The lowest BCUT2D eigenvalue weighted by atomic mass is 10.2. The number of anilines is 1. The molecule has 0 atom stereocenters. The van der Waals surface area contributed by atoms with Crippen molar-refractivity contribution in [2.24, 2.45) is 5.10 Å². The maximum Gasteiger partial charge on any atom is 0.280 e. The van der Waals surface area contributed by atoms with Crippen LogP contribution in [0.1, 0.15) is 55.5 Å². The Labute approximate surface area is 247 Å². The van der Waals surface area contributed by atoms with Crippen LogP contribution in [0.4, 0.5) is 15.2 Å². The van der Waals surface area contributed by atoms with Crippen molar-refractivity contribution < 1.29 is 22.5 Å². The van der Waals surface area contributed by atoms with Gasteiger partial charge in [-0.1, -0.05) is 38.0 Å². The fourth-order valence-electron chi connectivity index (χ4n) is 4.03. The number of thiazole rings is 1. The second kappa shape index (κ2) is 13.7. The van der Waals surface area contributed by atoms with E-state index < -0.39 is 26.7 Å². The van der Waals surface area contributed by atoms with Crippen LogP contribution in [0.25, 0.3) is 10.2 Å². The SMILES string of the molecule is CCCCN(CCCC)S(=O)(=O)c1ccc(C(=O)N(/N=C/c2ccc([N+](=O)[O-])cc2)c2nc3ccc(F)cc3s2)cc1. The molecule has 0 aliphatic carbocycles. The Balaban J connectivity index is 1.66. The molecule has 1 heterocycles. The summed E-state index contributed by atoms with van der Waals surface area (Å²) in [6.07, 6.45) is 4.56. The number of rotatable bonds is 13. The lowest BCUT2D eigenvalue weighted by molar-refractivity contribution is -0.384. The number of halogens is 1. The van der Waals surface area contributed by atoms with E-state index in [1.807, 2.05) is 13.8 Å². The third-order valence-corrected chi connectivity index (χ3v) is 9.31. The minimum absolute atomic E-state index is 0.0858. The lowest BCUT2D eigenvalue weighted by Crippen LogP contribution is -2.33. The van der Waals surface area contributed by atoms with Gasteiger partial charge in [-0.25, -0.2) is 17.8 Å². The number of nitrogens with zero attached hydrogens (tertiary/aromatic N) is 5. The molecule has 220 valence electrons. The van der Waals surface area contributed by atoms with E-state index in [4.69, 9.17) is 0 Å². The second-order valence-electron chi connectivity index (χ2n) is 9.45. The number of non-ortho nitro benzene ring substituents is 1. The minimum atomic E-state index is -3.75. The third-order valence-electron chi connectivity index (χ3n) is 6.40. The van der Waals surface area contributed by atoms with Gasteiger partial charge >= 0.3 is 0 Å². The summed E-state index contributed by atoms with van der Waals surface area (Å²) >= 11 is 1.06. The minimum Gasteiger partial charge on any atom is -0.267 e. The average Bonchev–Trinajstić information content (AvgIpc) is 3.40. The number of nitro benzene ring substituents is 1. The Kier molecular flexibility index (Phi) is 10.1. The van der Waals surface area contributed by atoms with Crippen molar-refractivity contribution in [1.29, 1.82) is 0 Å². The molecule has 0 saturated carbocycles. The molecule has 0 fully saturated rings. The molecular formula is C29H30FN5O5S2. The first kappa shape index (κ1) is 30.9. The van der Waals surface area contributed by atoms with Gasteiger partial charge in [0.15, 0.2) is 0 Å². The van der Waals surface area contributed by atoms with Gasteiger partial charge in [-0.05, 0) is 73.0 Å². The molecule has 3 aromatic carbocycles. The van der Waals surface area contributed by atoms with E-state index in [1.54, 1.807) is 0 Å². The standard InChI is InChI=1S/C29H30FN5O5S2/c1-3-5-17-33(18-6-4-2)42(39,40)25-14-9-22(10-15-25)28(36)34(29-32-26-16-11-23(30)19-27(26)41-29)31-20-21-7-12-24(13-8-21)35(37)38/h7-16,19-20H,3-6,17-18H2,1-2H3/b31-20+.